The number of fused-ring (bicyclic) bond motifs is 3. The lowest BCUT2D eigenvalue weighted by Crippen LogP contribution is -2.38. The number of H-pyrrole nitrogens is 2. The molecule has 0 fully saturated rings. The zero-order chi connectivity index (χ0) is 18.3. The van der Waals surface area contributed by atoms with E-state index in [9.17, 15) is 14.4 Å². The van der Waals surface area contributed by atoms with E-state index in [0.717, 1.165) is 22.2 Å². The molecule has 7 nitrogen and oxygen atoms in total. The minimum atomic E-state index is -0.405. The highest BCUT2D eigenvalue weighted by atomic mass is 16.5. The molecule has 0 atom stereocenters. The van der Waals surface area contributed by atoms with Crippen LogP contribution in [0.15, 0.2) is 41.3 Å². The van der Waals surface area contributed by atoms with Crippen LogP contribution in [0, 0.1) is 0 Å². The largest absolute Gasteiger partial charge is 0.465 e. The number of aromatic amines is 2. The molecule has 3 heterocycles. The summed E-state index contributed by atoms with van der Waals surface area (Å²) >= 11 is 0. The highest BCUT2D eigenvalue weighted by Gasteiger charge is 2.27. The van der Waals surface area contributed by atoms with Crippen molar-refractivity contribution in [2.24, 2.45) is 0 Å². The molecule has 26 heavy (non-hydrogen) atoms. The summed E-state index contributed by atoms with van der Waals surface area (Å²) < 4.78 is 4.85. The van der Waals surface area contributed by atoms with Gasteiger partial charge in [-0.2, -0.15) is 0 Å². The van der Waals surface area contributed by atoms with Gasteiger partial charge in [0.05, 0.1) is 18.2 Å². The normalized spacial score (nSPS) is 13.5. The van der Waals surface area contributed by atoms with Gasteiger partial charge in [-0.05, 0) is 18.2 Å². The van der Waals surface area contributed by atoms with Crippen molar-refractivity contribution in [1.29, 1.82) is 0 Å². The number of nitrogens with zero attached hydrogens (tertiary/aromatic N) is 1. The Hall–Kier alpha value is -3.35. The Bertz CT molecular complexity index is 1080. The van der Waals surface area contributed by atoms with E-state index in [1.807, 2.05) is 6.07 Å². The lowest BCUT2D eigenvalue weighted by Gasteiger charge is -2.27. The molecular weight excluding hydrogens is 334 g/mol. The SMILES string of the molecule is COC(=O)c1cccc2c3c([nH]c12)CCN(C(=O)c1ccc[nH]c1=O)C3. The number of hydrogen-bond acceptors (Lipinski definition) is 4. The topological polar surface area (TPSA) is 95.3 Å². The zero-order valence-corrected chi connectivity index (χ0v) is 14.2. The number of esters is 1. The quantitative estimate of drug-likeness (QED) is 0.689. The molecule has 132 valence electrons. The maximum Gasteiger partial charge on any atom is 0.339 e. The van der Waals surface area contributed by atoms with Gasteiger partial charge in [-0.15, -0.1) is 0 Å². The number of nitrogens with one attached hydrogen (secondary N) is 2. The van der Waals surface area contributed by atoms with Gasteiger partial charge in [0.25, 0.3) is 11.5 Å². The fourth-order valence-corrected chi connectivity index (χ4v) is 3.45. The van der Waals surface area contributed by atoms with Gasteiger partial charge in [-0.3, -0.25) is 9.59 Å². The van der Waals surface area contributed by atoms with Gasteiger partial charge in [0, 0.05) is 42.4 Å². The number of ether oxygens (including phenoxy) is 1. The predicted molar refractivity (Wildman–Crippen MR) is 95.1 cm³/mol. The van der Waals surface area contributed by atoms with Gasteiger partial charge >= 0.3 is 5.97 Å². The molecule has 2 N–H and O–H groups in total. The molecule has 0 aliphatic carbocycles. The first-order valence-electron chi connectivity index (χ1n) is 8.28. The number of para-hydroxylation sites is 1. The molecule has 0 unspecified atom stereocenters. The lowest BCUT2D eigenvalue weighted by molar-refractivity contribution is 0.0602. The summed E-state index contributed by atoms with van der Waals surface area (Å²) in [5.41, 5.74) is 2.90. The van der Waals surface area contributed by atoms with Crippen molar-refractivity contribution in [1.82, 2.24) is 14.9 Å². The van der Waals surface area contributed by atoms with E-state index in [1.165, 1.54) is 19.4 Å². The van der Waals surface area contributed by atoms with E-state index >= 15 is 0 Å². The van der Waals surface area contributed by atoms with E-state index in [2.05, 4.69) is 9.97 Å². The van der Waals surface area contributed by atoms with Gasteiger partial charge < -0.3 is 19.6 Å². The van der Waals surface area contributed by atoms with Crippen molar-refractivity contribution in [3.8, 4) is 0 Å². The summed E-state index contributed by atoms with van der Waals surface area (Å²) in [6, 6.07) is 8.59. The minimum absolute atomic E-state index is 0.131. The van der Waals surface area contributed by atoms with Crippen LogP contribution in [-0.2, 0) is 17.7 Å². The summed E-state index contributed by atoms with van der Waals surface area (Å²) in [6.07, 6.45) is 2.13. The summed E-state index contributed by atoms with van der Waals surface area (Å²) in [5.74, 6) is -0.700. The Labute approximate surface area is 148 Å². The molecule has 3 aromatic rings. The van der Waals surface area contributed by atoms with Crippen LogP contribution in [0.25, 0.3) is 10.9 Å². The number of rotatable bonds is 2. The van der Waals surface area contributed by atoms with Crippen molar-refractivity contribution in [3.05, 3.63) is 69.3 Å². The van der Waals surface area contributed by atoms with E-state index < -0.39 is 11.5 Å². The molecule has 0 spiro atoms. The number of hydrogen-bond donors (Lipinski definition) is 2. The number of benzene rings is 1. The molecule has 1 amide bonds. The Morgan fingerprint density at radius 3 is 2.73 bits per heavy atom. The highest BCUT2D eigenvalue weighted by Crippen LogP contribution is 2.30. The Balaban J connectivity index is 1.73. The Morgan fingerprint density at radius 1 is 1.15 bits per heavy atom. The third-order valence-corrected chi connectivity index (χ3v) is 4.75. The fourth-order valence-electron chi connectivity index (χ4n) is 3.45. The number of aromatic nitrogens is 2. The van der Waals surface area contributed by atoms with Crippen molar-refractivity contribution in [2.45, 2.75) is 13.0 Å². The monoisotopic (exact) mass is 351 g/mol. The van der Waals surface area contributed by atoms with Crippen molar-refractivity contribution in [2.75, 3.05) is 13.7 Å². The fraction of sp³-hybridized carbons (Fsp3) is 0.211. The zero-order valence-electron chi connectivity index (χ0n) is 14.2. The second-order valence-electron chi connectivity index (χ2n) is 6.19. The molecule has 1 aliphatic heterocycles. The second kappa shape index (κ2) is 6.18. The number of methoxy groups -OCH3 is 1. The molecule has 0 saturated heterocycles. The molecule has 0 saturated carbocycles. The average molecular weight is 351 g/mol. The van der Waals surface area contributed by atoms with Crippen LogP contribution in [-0.4, -0.2) is 40.4 Å². The van der Waals surface area contributed by atoms with Gasteiger partial charge in [-0.1, -0.05) is 12.1 Å². The molecule has 7 heteroatoms. The molecule has 1 aromatic carbocycles. The Morgan fingerprint density at radius 2 is 1.96 bits per heavy atom. The van der Waals surface area contributed by atoms with Gasteiger partial charge in [0.2, 0.25) is 0 Å². The van der Waals surface area contributed by atoms with Gasteiger partial charge in [-0.25, -0.2) is 4.79 Å². The van der Waals surface area contributed by atoms with Crippen LogP contribution in [0.4, 0.5) is 0 Å². The third kappa shape index (κ3) is 2.48. The number of pyridine rings is 1. The number of amides is 1. The van der Waals surface area contributed by atoms with Crippen LogP contribution < -0.4 is 5.56 Å². The predicted octanol–water partition coefficient (Wildman–Crippen LogP) is 1.84. The maximum atomic E-state index is 12.7. The highest BCUT2D eigenvalue weighted by molar-refractivity contribution is 6.04. The first kappa shape index (κ1) is 16.1. The minimum Gasteiger partial charge on any atom is -0.465 e. The summed E-state index contributed by atoms with van der Waals surface area (Å²) in [6.45, 7) is 0.883. The summed E-state index contributed by atoms with van der Waals surface area (Å²) in [4.78, 5) is 44.1. The number of carbonyl (C=O) groups is 2. The maximum absolute atomic E-state index is 12.7. The van der Waals surface area contributed by atoms with Crippen LogP contribution in [0.2, 0.25) is 0 Å². The van der Waals surface area contributed by atoms with Crippen LogP contribution in [0.3, 0.4) is 0 Å². The molecule has 0 bridgehead atoms. The molecular formula is C19H17N3O4. The van der Waals surface area contributed by atoms with Crippen molar-refractivity contribution < 1.29 is 14.3 Å². The first-order chi connectivity index (χ1) is 12.6. The number of carbonyl (C=O) groups excluding carboxylic acids is 2. The molecule has 1 aliphatic rings. The average Bonchev–Trinajstić information content (AvgIpc) is 3.05. The summed E-state index contributed by atoms with van der Waals surface area (Å²) in [5, 5.41) is 0.891. The van der Waals surface area contributed by atoms with Gasteiger partial charge in [0.1, 0.15) is 5.56 Å². The Kier molecular flexibility index (Phi) is 3.84. The molecule has 2 aromatic heterocycles. The lowest BCUT2D eigenvalue weighted by atomic mass is 10.0. The smallest absolute Gasteiger partial charge is 0.339 e. The standard InChI is InChI=1S/C19H17N3O4/c1-26-19(25)12-5-2-4-11-14-10-22(9-7-15(14)21-16(11)12)18(24)13-6-3-8-20-17(13)23/h2-6,8,21H,7,9-10H2,1H3,(H,20,23). The third-order valence-electron chi connectivity index (χ3n) is 4.75. The van der Waals surface area contributed by atoms with Crippen molar-refractivity contribution in [3.63, 3.8) is 0 Å². The molecule has 4 rings (SSSR count). The van der Waals surface area contributed by atoms with E-state index in [1.54, 1.807) is 23.1 Å². The van der Waals surface area contributed by atoms with Crippen LogP contribution >= 0.6 is 0 Å². The van der Waals surface area contributed by atoms with Gasteiger partial charge in [0.15, 0.2) is 0 Å². The second-order valence-corrected chi connectivity index (χ2v) is 6.19. The molecule has 0 radical (unpaired) electrons. The van der Waals surface area contributed by atoms with E-state index in [0.29, 0.717) is 25.1 Å². The summed E-state index contributed by atoms with van der Waals surface area (Å²) in [7, 11) is 1.35. The first-order valence-corrected chi connectivity index (χ1v) is 8.28. The van der Waals surface area contributed by atoms with Crippen molar-refractivity contribution >= 4 is 22.8 Å². The van der Waals surface area contributed by atoms with E-state index in [4.69, 9.17) is 4.74 Å². The van der Waals surface area contributed by atoms with Crippen LogP contribution in [0.5, 0.6) is 0 Å². The van der Waals surface area contributed by atoms with Crippen LogP contribution in [0.1, 0.15) is 32.0 Å². The van der Waals surface area contributed by atoms with E-state index in [-0.39, 0.29) is 11.5 Å².